The molecular weight excluding hydrogens is 483 g/mol. The van der Waals surface area contributed by atoms with Crippen molar-refractivity contribution in [2.45, 2.75) is 31.0 Å². The van der Waals surface area contributed by atoms with Crippen LogP contribution in [-0.2, 0) is 6.54 Å². The van der Waals surface area contributed by atoms with Gasteiger partial charge in [-0.05, 0) is 75.8 Å². The molecule has 35 heavy (non-hydrogen) atoms. The first-order valence-electron chi connectivity index (χ1n) is 12.1. The quantitative estimate of drug-likeness (QED) is 0.282. The molecule has 2 heterocycles. The molecule has 0 spiro atoms. The molecule has 1 aliphatic rings. The molecule has 188 valence electrons. The Balaban J connectivity index is 1.35. The third-order valence-corrected chi connectivity index (χ3v) is 7.66. The lowest BCUT2D eigenvalue weighted by Gasteiger charge is -2.33. The summed E-state index contributed by atoms with van der Waals surface area (Å²) in [7, 11) is 4.18. The fraction of sp³-hybridized carbons (Fsp3) is 0.462. The van der Waals surface area contributed by atoms with Gasteiger partial charge >= 0.3 is 0 Å². The number of hydrogen-bond donors (Lipinski definition) is 1. The normalized spacial score (nSPS) is 16.2. The molecule has 1 aromatic heterocycles. The van der Waals surface area contributed by atoms with Crippen LogP contribution in [0.3, 0.4) is 0 Å². The van der Waals surface area contributed by atoms with E-state index in [1.54, 1.807) is 18.0 Å². The first-order chi connectivity index (χ1) is 16.9. The highest BCUT2D eigenvalue weighted by atomic mass is 35.5. The molecule has 1 atom stereocenters. The summed E-state index contributed by atoms with van der Waals surface area (Å²) in [6.45, 7) is 7.83. The number of anilines is 1. The third kappa shape index (κ3) is 7.27. The van der Waals surface area contributed by atoms with E-state index in [4.69, 9.17) is 21.6 Å². The van der Waals surface area contributed by atoms with E-state index >= 15 is 0 Å². The molecule has 0 saturated carbocycles. The molecular formula is C26H34ClFN6S. The summed E-state index contributed by atoms with van der Waals surface area (Å²) in [5.74, 6) is 1.76. The predicted octanol–water partition coefficient (Wildman–Crippen LogP) is 5.50. The smallest absolute Gasteiger partial charge is 0.145 e. The second-order valence-corrected chi connectivity index (χ2v) is 10.7. The number of aromatic nitrogens is 2. The number of benzene rings is 2. The van der Waals surface area contributed by atoms with Gasteiger partial charge in [0.15, 0.2) is 0 Å². The highest BCUT2D eigenvalue weighted by Gasteiger charge is 2.20. The SMILES string of the molecule is CC(F)c1ccc(SN2CCN(Cc3nc(NCCCN(C)C)c4ccccc4n3)CC2)c(Cl)c1. The molecule has 0 amide bonds. The topological polar surface area (TPSA) is 47.5 Å². The van der Waals surface area contributed by atoms with Crippen LogP contribution in [0.2, 0.25) is 5.02 Å². The lowest BCUT2D eigenvalue weighted by atomic mass is 10.1. The Hall–Kier alpha value is -1.97. The van der Waals surface area contributed by atoms with Crippen molar-refractivity contribution in [3.63, 3.8) is 0 Å². The summed E-state index contributed by atoms with van der Waals surface area (Å²) in [6, 6.07) is 13.7. The van der Waals surface area contributed by atoms with Crippen molar-refractivity contribution < 1.29 is 4.39 Å². The van der Waals surface area contributed by atoms with Gasteiger partial charge in [-0.2, -0.15) is 0 Å². The molecule has 1 fully saturated rings. The second kappa shape index (κ2) is 12.3. The second-order valence-electron chi connectivity index (χ2n) is 9.19. The number of hydrogen-bond acceptors (Lipinski definition) is 7. The van der Waals surface area contributed by atoms with Gasteiger partial charge in [0.2, 0.25) is 0 Å². The van der Waals surface area contributed by atoms with Crippen molar-refractivity contribution in [1.29, 1.82) is 0 Å². The van der Waals surface area contributed by atoms with E-state index in [0.29, 0.717) is 10.6 Å². The van der Waals surface area contributed by atoms with Crippen LogP contribution in [0, 0.1) is 0 Å². The number of piperazine rings is 1. The van der Waals surface area contributed by atoms with Crippen LogP contribution in [0.15, 0.2) is 47.4 Å². The fourth-order valence-corrected chi connectivity index (χ4v) is 5.28. The standard InChI is InChI=1S/C26H34ClFN6S/c1-19(28)20-9-10-24(22(27)17-20)35-34-15-13-33(14-16-34)18-25-30-23-8-5-4-7-21(23)26(31-25)29-11-6-12-32(2)3/h4-5,7-10,17,19H,6,11-16,18H2,1-3H3,(H,29,30,31). The van der Waals surface area contributed by atoms with Crippen LogP contribution >= 0.6 is 23.5 Å². The van der Waals surface area contributed by atoms with Crippen LogP contribution < -0.4 is 5.32 Å². The molecule has 1 saturated heterocycles. The van der Waals surface area contributed by atoms with E-state index in [2.05, 4.69) is 45.6 Å². The number of para-hydroxylation sites is 1. The third-order valence-electron chi connectivity index (χ3n) is 6.06. The minimum atomic E-state index is -1.01. The highest BCUT2D eigenvalue weighted by Crippen LogP contribution is 2.33. The van der Waals surface area contributed by atoms with Crippen molar-refractivity contribution in [3.05, 3.63) is 58.9 Å². The minimum Gasteiger partial charge on any atom is -0.369 e. The molecule has 1 aliphatic heterocycles. The molecule has 1 N–H and O–H groups in total. The van der Waals surface area contributed by atoms with Gasteiger partial charge in [0.25, 0.3) is 0 Å². The van der Waals surface area contributed by atoms with Gasteiger partial charge in [0, 0.05) is 43.0 Å². The Morgan fingerprint density at radius 3 is 2.60 bits per heavy atom. The Kier molecular flexibility index (Phi) is 9.19. The Morgan fingerprint density at radius 2 is 1.89 bits per heavy atom. The van der Waals surface area contributed by atoms with Gasteiger partial charge in [-0.1, -0.05) is 29.8 Å². The van der Waals surface area contributed by atoms with Gasteiger partial charge < -0.3 is 10.2 Å². The van der Waals surface area contributed by atoms with Gasteiger partial charge in [-0.25, -0.2) is 18.7 Å². The molecule has 1 unspecified atom stereocenters. The van der Waals surface area contributed by atoms with Crippen LogP contribution in [-0.4, -0.2) is 77.4 Å². The van der Waals surface area contributed by atoms with Gasteiger partial charge in [-0.3, -0.25) is 4.90 Å². The van der Waals surface area contributed by atoms with Crippen LogP contribution in [0.5, 0.6) is 0 Å². The average Bonchev–Trinajstić information content (AvgIpc) is 2.84. The number of halogens is 2. The summed E-state index contributed by atoms with van der Waals surface area (Å²) in [4.78, 5) is 15.3. The van der Waals surface area contributed by atoms with Crippen molar-refractivity contribution in [2.75, 3.05) is 58.7 Å². The van der Waals surface area contributed by atoms with Crippen molar-refractivity contribution in [3.8, 4) is 0 Å². The maximum absolute atomic E-state index is 13.5. The van der Waals surface area contributed by atoms with Gasteiger partial charge in [0.1, 0.15) is 17.8 Å². The lowest BCUT2D eigenvalue weighted by molar-refractivity contribution is 0.185. The molecule has 4 rings (SSSR count). The van der Waals surface area contributed by atoms with Gasteiger partial charge in [0.05, 0.1) is 17.1 Å². The zero-order valence-electron chi connectivity index (χ0n) is 20.7. The molecule has 0 bridgehead atoms. The summed E-state index contributed by atoms with van der Waals surface area (Å²) in [5, 5.41) is 5.20. The predicted molar refractivity (Wildman–Crippen MR) is 145 cm³/mol. The van der Waals surface area contributed by atoms with E-state index in [-0.39, 0.29) is 0 Å². The van der Waals surface area contributed by atoms with Crippen molar-refractivity contribution in [1.82, 2.24) is 24.1 Å². The van der Waals surface area contributed by atoms with Gasteiger partial charge in [-0.15, -0.1) is 0 Å². The maximum Gasteiger partial charge on any atom is 0.145 e. The summed E-state index contributed by atoms with van der Waals surface area (Å²) in [6.07, 6.45) is 0.0426. The number of nitrogens with one attached hydrogen (secondary N) is 1. The average molecular weight is 517 g/mol. The van der Waals surface area contributed by atoms with E-state index in [9.17, 15) is 4.39 Å². The van der Waals surface area contributed by atoms with E-state index < -0.39 is 6.17 Å². The lowest BCUT2D eigenvalue weighted by Crippen LogP contribution is -2.43. The maximum atomic E-state index is 13.5. The first-order valence-corrected chi connectivity index (χ1v) is 13.3. The number of nitrogens with zero attached hydrogens (tertiary/aromatic N) is 5. The molecule has 9 heteroatoms. The zero-order valence-corrected chi connectivity index (χ0v) is 22.2. The Labute approximate surface area is 217 Å². The van der Waals surface area contributed by atoms with Crippen molar-refractivity contribution >= 4 is 40.3 Å². The summed E-state index contributed by atoms with van der Waals surface area (Å²) in [5.41, 5.74) is 1.59. The molecule has 2 aromatic carbocycles. The number of fused-ring (bicyclic) bond motifs is 1. The largest absolute Gasteiger partial charge is 0.369 e. The first kappa shape index (κ1) is 26.1. The Bertz CT molecular complexity index is 1120. The van der Waals surface area contributed by atoms with E-state index in [1.807, 2.05) is 24.3 Å². The number of rotatable bonds is 10. The highest BCUT2D eigenvalue weighted by molar-refractivity contribution is 7.97. The molecule has 0 radical (unpaired) electrons. The summed E-state index contributed by atoms with van der Waals surface area (Å²) < 4.78 is 15.9. The van der Waals surface area contributed by atoms with Crippen molar-refractivity contribution in [2.24, 2.45) is 0 Å². The minimum absolute atomic E-state index is 0.606. The fourth-order valence-electron chi connectivity index (χ4n) is 4.09. The molecule has 0 aliphatic carbocycles. The monoisotopic (exact) mass is 516 g/mol. The summed E-state index contributed by atoms with van der Waals surface area (Å²) >= 11 is 8.05. The van der Waals surface area contributed by atoms with E-state index in [1.165, 1.54) is 6.92 Å². The Morgan fingerprint density at radius 1 is 1.11 bits per heavy atom. The number of alkyl halides is 1. The van der Waals surface area contributed by atoms with Crippen LogP contribution in [0.4, 0.5) is 10.2 Å². The molecule has 6 nitrogen and oxygen atoms in total. The van der Waals surface area contributed by atoms with E-state index in [0.717, 1.165) is 79.7 Å². The van der Waals surface area contributed by atoms with Crippen LogP contribution in [0.25, 0.3) is 10.9 Å². The van der Waals surface area contributed by atoms with Crippen LogP contribution in [0.1, 0.15) is 30.9 Å². The zero-order chi connectivity index (χ0) is 24.8. The molecule has 3 aromatic rings.